The van der Waals surface area contributed by atoms with Crippen LogP contribution in [0.1, 0.15) is 17.3 Å². The lowest BCUT2D eigenvalue weighted by molar-refractivity contribution is -0.116. The van der Waals surface area contributed by atoms with Gasteiger partial charge in [0.25, 0.3) is 5.56 Å². The topological polar surface area (TPSA) is 99.5 Å². The number of ether oxygens (including phenoxy) is 2. The molecule has 0 saturated carbocycles. The molecule has 3 aromatic rings. The molecule has 1 N–H and O–H groups in total. The zero-order chi connectivity index (χ0) is 21.5. The molecule has 1 aromatic heterocycles. The Hall–Kier alpha value is -3.94. The summed E-state index contributed by atoms with van der Waals surface area (Å²) < 4.78 is 11.3. The van der Waals surface area contributed by atoms with Gasteiger partial charge in [-0.25, -0.2) is 9.78 Å². The van der Waals surface area contributed by atoms with E-state index in [1.54, 1.807) is 62.6 Å². The van der Waals surface area contributed by atoms with Crippen LogP contribution in [0.25, 0.3) is 11.3 Å². The van der Waals surface area contributed by atoms with Crippen molar-refractivity contribution in [2.24, 2.45) is 0 Å². The minimum atomic E-state index is -0.426. The summed E-state index contributed by atoms with van der Waals surface area (Å²) in [5.41, 5.74) is 1.83. The normalized spacial score (nSPS) is 10.3. The van der Waals surface area contributed by atoms with Crippen LogP contribution in [-0.2, 0) is 16.1 Å². The Kier molecular flexibility index (Phi) is 6.59. The van der Waals surface area contributed by atoms with E-state index in [9.17, 15) is 14.4 Å². The SMILES string of the molecule is CCOC(=O)c1ccc(NC(=O)Cn2cnc(-c3ccc(OC)cc3)cc2=O)cc1. The molecule has 0 aliphatic heterocycles. The highest BCUT2D eigenvalue weighted by molar-refractivity contribution is 5.93. The number of nitrogens with one attached hydrogen (secondary N) is 1. The molecule has 0 unspecified atom stereocenters. The summed E-state index contributed by atoms with van der Waals surface area (Å²) in [4.78, 5) is 40.6. The summed E-state index contributed by atoms with van der Waals surface area (Å²) >= 11 is 0. The molecule has 8 nitrogen and oxygen atoms in total. The van der Waals surface area contributed by atoms with Crippen LogP contribution in [0.3, 0.4) is 0 Å². The monoisotopic (exact) mass is 407 g/mol. The Morgan fingerprint density at radius 1 is 1.07 bits per heavy atom. The van der Waals surface area contributed by atoms with Crippen molar-refractivity contribution in [2.75, 3.05) is 19.0 Å². The second kappa shape index (κ2) is 9.51. The predicted octanol–water partition coefficient (Wildman–Crippen LogP) is 2.73. The molecule has 30 heavy (non-hydrogen) atoms. The molecule has 0 atom stereocenters. The van der Waals surface area contributed by atoms with Crippen LogP contribution in [0.5, 0.6) is 5.75 Å². The van der Waals surface area contributed by atoms with Crippen molar-refractivity contribution in [1.29, 1.82) is 0 Å². The van der Waals surface area contributed by atoms with Gasteiger partial charge in [-0.15, -0.1) is 0 Å². The Labute approximate surface area is 173 Å². The molecule has 154 valence electrons. The molecule has 1 amide bonds. The van der Waals surface area contributed by atoms with Crippen molar-refractivity contribution < 1.29 is 19.1 Å². The number of methoxy groups -OCH3 is 1. The fourth-order valence-electron chi connectivity index (χ4n) is 2.72. The minimum Gasteiger partial charge on any atom is -0.497 e. The van der Waals surface area contributed by atoms with Crippen LogP contribution < -0.4 is 15.6 Å². The van der Waals surface area contributed by atoms with Crippen molar-refractivity contribution in [1.82, 2.24) is 9.55 Å². The fourth-order valence-corrected chi connectivity index (χ4v) is 2.72. The van der Waals surface area contributed by atoms with Crippen molar-refractivity contribution >= 4 is 17.6 Å². The third-order valence-electron chi connectivity index (χ3n) is 4.26. The van der Waals surface area contributed by atoms with E-state index in [-0.39, 0.29) is 24.6 Å². The molecule has 0 spiro atoms. The zero-order valence-electron chi connectivity index (χ0n) is 16.6. The van der Waals surface area contributed by atoms with Crippen LogP contribution >= 0.6 is 0 Å². The standard InChI is InChI=1S/C22H21N3O5/c1-3-30-22(28)16-4-8-17(9-5-16)24-20(26)13-25-14-23-19(12-21(25)27)15-6-10-18(29-2)11-7-15/h4-12,14H,3,13H2,1-2H3,(H,24,26). The molecule has 0 saturated heterocycles. The first-order valence-corrected chi connectivity index (χ1v) is 9.28. The lowest BCUT2D eigenvalue weighted by Gasteiger charge is -2.09. The molecule has 0 radical (unpaired) electrons. The number of carbonyl (C=O) groups is 2. The summed E-state index contributed by atoms with van der Waals surface area (Å²) in [5.74, 6) is -0.107. The second-order valence-corrected chi connectivity index (χ2v) is 6.31. The van der Waals surface area contributed by atoms with E-state index in [4.69, 9.17) is 9.47 Å². The number of carbonyl (C=O) groups excluding carboxylic acids is 2. The van der Waals surface area contributed by atoms with Gasteiger partial charge in [-0.1, -0.05) is 0 Å². The fraction of sp³-hybridized carbons (Fsp3) is 0.182. The summed E-state index contributed by atoms with van der Waals surface area (Å²) in [7, 11) is 1.58. The van der Waals surface area contributed by atoms with Gasteiger partial charge in [-0.2, -0.15) is 0 Å². The number of hydrogen-bond acceptors (Lipinski definition) is 6. The minimum absolute atomic E-state index is 0.186. The Morgan fingerprint density at radius 2 is 1.77 bits per heavy atom. The predicted molar refractivity (Wildman–Crippen MR) is 112 cm³/mol. The molecule has 0 fully saturated rings. The highest BCUT2D eigenvalue weighted by atomic mass is 16.5. The number of amides is 1. The number of nitrogens with zero attached hydrogens (tertiary/aromatic N) is 2. The van der Waals surface area contributed by atoms with Crippen LogP contribution in [0.4, 0.5) is 5.69 Å². The summed E-state index contributed by atoms with van der Waals surface area (Å²) in [5, 5.41) is 2.68. The quantitative estimate of drug-likeness (QED) is 0.605. The van der Waals surface area contributed by atoms with Crippen LogP contribution in [0.2, 0.25) is 0 Å². The first kappa shape index (κ1) is 20.8. The lowest BCUT2D eigenvalue weighted by Crippen LogP contribution is -2.27. The zero-order valence-corrected chi connectivity index (χ0v) is 16.6. The van der Waals surface area contributed by atoms with Crippen molar-refractivity contribution in [3.05, 3.63) is 76.8 Å². The van der Waals surface area contributed by atoms with Crippen LogP contribution in [0.15, 0.2) is 65.7 Å². The molecular formula is C22H21N3O5. The molecular weight excluding hydrogens is 386 g/mol. The number of esters is 1. The van der Waals surface area contributed by atoms with Crippen molar-refractivity contribution in [2.45, 2.75) is 13.5 Å². The molecule has 0 aliphatic rings. The van der Waals surface area contributed by atoms with Crippen molar-refractivity contribution in [3.63, 3.8) is 0 Å². The van der Waals surface area contributed by atoms with Gasteiger partial charge in [0.15, 0.2) is 0 Å². The third kappa shape index (κ3) is 5.11. The molecule has 8 heteroatoms. The van der Waals surface area contributed by atoms with Gasteiger partial charge < -0.3 is 14.8 Å². The number of hydrogen-bond donors (Lipinski definition) is 1. The molecule has 1 heterocycles. The number of benzene rings is 2. The van der Waals surface area contributed by atoms with E-state index in [1.807, 2.05) is 0 Å². The van der Waals surface area contributed by atoms with E-state index >= 15 is 0 Å². The van der Waals surface area contributed by atoms with Gasteiger partial charge in [0.05, 0.1) is 31.3 Å². The van der Waals surface area contributed by atoms with E-state index in [2.05, 4.69) is 10.3 Å². The van der Waals surface area contributed by atoms with Gasteiger partial charge in [0.2, 0.25) is 5.91 Å². The summed E-state index contributed by atoms with van der Waals surface area (Å²) in [6.07, 6.45) is 1.34. The number of rotatable bonds is 7. The largest absolute Gasteiger partial charge is 0.497 e. The van der Waals surface area contributed by atoms with E-state index in [1.165, 1.54) is 17.0 Å². The van der Waals surface area contributed by atoms with Gasteiger partial charge in [0.1, 0.15) is 12.3 Å². The van der Waals surface area contributed by atoms with E-state index < -0.39 is 5.97 Å². The first-order chi connectivity index (χ1) is 14.5. The molecule has 2 aromatic carbocycles. The smallest absolute Gasteiger partial charge is 0.338 e. The first-order valence-electron chi connectivity index (χ1n) is 9.28. The Bertz CT molecular complexity index is 1090. The van der Waals surface area contributed by atoms with Gasteiger partial charge in [-0.05, 0) is 55.5 Å². The van der Waals surface area contributed by atoms with Gasteiger partial charge >= 0.3 is 5.97 Å². The maximum Gasteiger partial charge on any atom is 0.338 e. The van der Waals surface area contributed by atoms with Crippen molar-refractivity contribution in [3.8, 4) is 17.0 Å². The Balaban J connectivity index is 1.65. The van der Waals surface area contributed by atoms with Gasteiger partial charge in [0, 0.05) is 17.3 Å². The molecule has 0 aliphatic carbocycles. The average Bonchev–Trinajstić information content (AvgIpc) is 2.76. The maximum absolute atomic E-state index is 12.4. The van der Waals surface area contributed by atoms with Crippen LogP contribution in [0, 0.1) is 0 Å². The highest BCUT2D eigenvalue weighted by Gasteiger charge is 2.10. The van der Waals surface area contributed by atoms with E-state index in [0.29, 0.717) is 22.7 Å². The molecule has 3 rings (SSSR count). The maximum atomic E-state index is 12.4. The van der Waals surface area contributed by atoms with Gasteiger partial charge in [-0.3, -0.25) is 14.2 Å². The van der Waals surface area contributed by atoms with E-state index in [0.717, 1.165) is 5.56 Å². The molecule has 0 bridgehead atoms. The summed E-state index contributed by atoms with van der Waals surface area (Å²) in [6, 6.07) is 14.9. The third-order valence-corrected chi connectivity index (χ3v) is 4.26. The second-order valence-electron chi connectivity index (χ2n) is 6.31. The van der Waals surface area contributed by atoms with Crippen LogP contribution in [-0.4, -0.2) is 35.1 Å². The lowest BCUT2D eigenvalue weighted by atomic mass is 10.1. The summed E-state index contributed by atoms with van der Waals surface area (Å²) in [6.45, 7) is 1.83. The number of anilines is 1. The highest BCUT2D eigenvalue weighted by Crippen LogP contribution is 2.19. The Morgan fingerprint density at radius 3 is 2.37 bits per heavy atom. The number of aromatic nitrogens is 2. The average molecular weight is 407 g/mol.